The Hall–Kier alpha value is -2.26. The molecule has 6 nitrogen and oxygen atoms in total. The van der Waals surface area contributed by atoms with Gasteiger partial charge in [-0.3, -0.25) is 10.1 Å². The smallest absolute Gasteiger partial charge is 0.304 e. The topological polar surface area (TPSA) is 91.6 Å². The molecular weight excluding hydrogens is 272 g/mol. The van der Waals surface area contributed by atoms with E-state index in [1.54, 1.807) is 18.2 Å². The Morgan fingerprint density at radius 1 is 1.48 bits per heavy atom. The molecule has 0 radical (unpaired) electrons. The van der Waals surface area contributed by atoms with Crippen LogP contribution in [0.15, 0.2) is 18.2 Å². The predicted molar refractivity (Wildman–Crippen MR) is 77.4 cm³/mol. The number of nitrogens with zero attached hydrogens (tertiary/aromatic N) is 1. The third kappa shape index (κ3) is 5.32. The molecule has 0 bridgehead atoms. The number of methoxy groups -OCH3 is 1. The summed E-state index contributed by atoms with van der Waals surface area (Å²) >= 11 is 0. The van der Waals surface area contributed by atoms with Crippen molar-refractivity contribution in [2.24, 2.45) is 0 Å². The van der Waals surface area contributed by atoms with Gasteiger partial charge in [-0.25, -0.2) is 0 Å². The van der Waals surface area contributed by atoms with E-state index in [1.807, 2.05) is 6.92 Å². The van der Waals surface area contributed by atoms with E-state index in [0.29, 0.717) is 23.7 Å². The maximum atomic E-state index is 10.5. The summed E-state index contributed by atoms with van der Waals surface area (Å²) in [6, 6.07) is 6.78. The molecule has 6 heteroatoms. The molecule has 21 heavy (non-hydrogen) atoms. The molecule has 1 aromatic carbocycles. The number of carboxylic acid groups (broad SMARTS) is 1. The van der Waals surface area contributed by atoms with Gasteiger partial charge in [0, 0.05) is 6.54 Å². The first kappa shape index (κ1) is 16.8. The molecule has 0 heterocycles. The maximum Gasteiger partial charge on any atom is 0.304 e. The van der Waals surface area contributed by atoms with E-state index in [1.165, 1.54) is 7.11 Å². The summed E-state index contributed by atoms with van der Waals surface area (Å²) in [7, 11) is 1.54. The molecule has 0 fully saturated rings. The highest BCUT2D eigenvalue weighted by Crippen LogP contribution is 2.30. The third-order valence-electron chi connectivity index (χ3n) is 2.80. The van der Waals surface area contributed by atoms with Crippen LogP contribution in [0, 0.1) is 11.3 Å². The monoisotopic (exact) mass is 292 g/mol. The molecule has 0 saturated heterocycles. The average Bonchev–Trinajstić information content (AvgIpc) is 2.49. The molecule has 114 valence electrons. The number of ether oxygens (including phenoxy) is 2. The fraction of sp³-hybridized carbons (Fsp3) is 0.467. The van der Waals surface area contributed by atoms with Crippen molar-refractivity contribution in [3.05, 3.63) is 23.8 Å². The highest BCUT2D eigenvalue weighted by Gasteiger charge is 2.14. The minimum atomic E-state index is -0.903. The number of hydrogen-bond donors (Lipinski definition) is 2. The van der Waals surface area contributed by atoms with Gasteiger partial charge in [0.2, 0.25) is 0 Å². The molecule has 2 N–H and O–H groups in total. The molecular formula is C15H20N2O4. The van der Waals surface area contributed by atoms with E-state index >= 15 is 0 Å². The van der Waals surface area contributed by atoms with Gasteiger partial charge in [0.25, 0.3) is 0 Å². The van der Waals surface area contributed by atoms with Crippen LogP contribution < -0.4 is 14.8 Å². The Morgan fingerprint density at radius 2 is 2.24 bits per heavy atom. The zero-order chi connectivity index (χ0) is 15.7. The van der Waals surface area contributed by atoms with Gasteiger partial charge in [0.05, 0.1) is 26.2 Å². The Kier molecular flexibility index (Phi) is 7.05. The molecule has 0 aliphatic carbocycles. The molecule has 0 aromatic heterocycles. The predicted octanol–water partition coefficient (Wildman–Crippen LogP) is 2.11. The van der Waals surface area contributed by atoms with Crippen molar-refractivity contribution >= 4 is 5.97 Å². The van der Waals surface area contributed by atoms with Crippen molar-refractivity contribution in [3.63, 3.8) is 0 Å². The van der Waals surface area contributed by atoms with Gasteiger partial charge >= 0.3 is 5.97 Å². The molecule has 1 unspecified atom stereocenters. The second kappa shape index (κ2) is 8.82. The highest BCUT2D eigenvalue weighted by molar-refractivity contribution is 5.66. The zero-order valence-electron chi connectivity index (χ0n) is 12.3. The Morgan fingerprint density at radius 3 is 2.81 bits per heavy atom. The van der Waals surface area contributed by atoms with Crippen LogP contribution in [-0.4, -0.2) is 31.3 Å². The van der Waals surface area contributed by atoms with Crippen LogP contribution in [0.25, 0.3) is 0 Å². The largest absolute Gasteiger partial charge is 0.493 e. The summed E-state index contributed by atoms with van der Waals surface area (Å²) in [6.07, 6.45) is 0.857. The minimum absolute atomic E-state index is 0.0347. The number of hydrogen-bond acceptors (Lipinski definition) is 5. The summed E-state index contributed by atoms with van der Waals surface area (Å²) in [5.41, 5.74) is 0.712. The van der Waals surface area contributed by atoms with Crippen LogP contribution in [0.4, 0.5) is 0 Å². The Labute approximate surface area is 124 Å². The van der Waals surface area contributed by atoms with E-state index in [9.17, 15) is 10.1 Å². The van der Waals surface area contributed by atoms with Crippen molar-refractivity contribution in [1.82, 2.24) is 5.32 Å². The Bertz CT molecular complexity index is 511. The zero-order valence-corrected chi connectivity index (χ0v) is 12.3. The fourth-order valence-corrected chi connectivity index (χ4v) is 1.76. The van der Waals surface area contributed by atoms with Gasteiger partial charge in [0.1, 0.15) is 6.04 Å². The summed E-state index contributed by atoms with van der Waals surface area (Å²) in [5, 5.41) is 20.7. The molecule has 0 amide bonds. The van der Waals surface area contributed by atoms with Gasteiger partial charge in [-0.05, 0) is 24.1 Å². The normalized spacial score (nSPS) is 11.5. The molecule has 0 spiro atoms. The number of aliphatic carboxylic acids is 1. The molecule has 0 saturated carbocycles. The first-order valence-corrected chi connectivity index (χ1v) is 6.77. The van der Waals surface area contributed by atoms with Gasteiger partial charge in [-0.15, -0.1) is 0 Å². The van der Waals surface area contributed by atoms with Crippen LogP contribution in [0.1, 0.15) is 31.4 Å². The van der Waals surface area contributed by atoms with Crippen LogP contribution in [0.3, 0.4) is 0 Å². The molecule has 1 rings (SSSR count). The summed E-state index contributed by atoms with van der Waals surface area (Å²) in [5.74, 6) is 0.284. The number of rotatable bonds is 9. The van der Waals surface area contributed by atoms with Gasteiger partial charge < -0.3 is 14.6 Å². The van der Waals surface area contributed by atoms with Gasteiger partial charge in [-0.1, -0.05) is 13.0 Å². The lowest BCUT2D eigenvalue weighted by atomic mass is 10.1. The molecule has 0 aliphatic heterocycles. The van der Waals surface area contributed by atoms with Crippen LogP contribution >= 0.6 is 0 Å². The lowest BCUT2D eigenvalue weighted by Gasteiger charge is -2.15. The van der Waals surface area contributed by atoms with Crippen molar-refractivity contribution in [1.29, 1.82) is 5.26 Å². The van der Waals surface area contributed by atoms with Crippen LogP contribution in [-0.2, 0) is 4.79 Å². The van der Waals surface area contributed by atoms with Crippen molar-refractivity contribution in [3.8, 4) is 17.6 Å². The number of nitrogens with one attached hydrogen (secondary N) is 1. The Balaban J connectivity index is 2.80. The number of carboxylic acids is 1. The van der Waals surface area contributed by atoms with Crippen LogP contribution in [0.5, 0.6) is 11.5 Å². The van der Waals surface area contributed by atoms with Gasteiger partial charge in [-0.2, -0.15) is 5.26 Å². The average molecular weight is 292 g/mol. The van der Waals surface area contributed by atoms with Crippen molar-refractivity contribution in [2.45, 2.75) is 25.8 Å². The number of carbonyl (C=O) groups is 1. The van der Waals surface area contributed by atoms with E-state index in [0.717, 1.165) is 6.42 Å². The second-order valence-electron chi connectivity index (χ2n) is 4.42. The fourth-order valence-electron chi connectivity index (χ4n) is 1.76. The van der Waals surface area contributed by atoms with Gasteiger partial charge in [0.15, 0.2) is 11.5 Å². The maximum absolute atomic E-state index is 10.5. The molecule has 1 atom stereocenters. The van der Waals surface area contributed by atoms with Crippen molar-refractivity contribution in [2.75, 3.05) is 20.3 Å². The van der Waals surface area contributed by atoms with E-state index in [2.05, 4.69) is 11.4 Å². The SMILES string of the molecule is CCCOc1ccc(C(C#N)NCCC(=O)O)cc1OC. The van der Waals surface area contributed by atoms with Crippen molar-refractivity contribution < 1.29 is 19.4 Å². The summed E-state index contributed by atoms with van der Waals surface area (Å²) < 4.78 is 10.8. The quantitative estimate of drug-likeness (QED) is 0.724. The lowest BCUT2D eigenvalue weighted by molar-refractivity contribution is -0.136. The van der Waals surface area contributed by atoms with E-state index < -0.39 is 12.0 Å². The standard InChI is InChI=1S/C15H20N2O4/c1-3-8-21-13-5-4-11(9-14(13)20-2)12(10-16)17-7-6-15(18)19/h4-5,9,12,17H,3,6-8H2,1-2H3,(H,18,19). The molecule has 0 aliphatic rings. The van der Waals surface area contributed by atoms with Crippen LogP contribution in [0.2, 0.25) is 0 Å². The van der Waals surface area contributed by atoms with E-state index in [-0.39, 0.29) is 13.0 Å². The number of nitriles is 1. The third-order valence-corrected chi connectivity index (χ3v) is 2.80. The summed E-state index contributed by atoms with van der Waals surface area (Å²) in [6.45, 7) is 2.83. The number of benzene rings is 1. The summed E-state index contributed by atoms with van der Waals surface area (Å²) in [4.78, 5) is 10.5. The minimum Gasteiger partial charge on any atom is -0.493 e. The van der Waals surface area contributed by atoms with E-state index in [4.69, 9.17) is 14.6 Å². The highest BCUT2D eigenvalue weighted by atomic mass is 16.5. The first-order valence-electron chi connectivity index (χ1n) is 6.77. The second-order valence-corrected chi connectivity index (χ2v) is 4.42. The lowest BCUT2D eigenvalue weighted by Crippen LogP contribution is -2.23. The molecule has 1 aromatic rings. The first-order chi connectivity index (χ1) is 10.1.